The number of nitrogens with one attached hydrogen (secondary N) is 1. The number of hydrogen-bond acceptors (Lipinski definition) is 6. The molecule has 4 aromatic carbocycles. The van der Waals surface area contributed by atoms with Crippen LogP contribution >= 0.6 is 23.2 Å². The van der Waals surface area contributed by atoms with Crippen molar-refractivity contribution in [2.75, 3.05) is 24.1 Å². The topological polar surface area (TPSA) is 105 Å². The van der Waals surface area contributed by atoms with Crippen LogP contribution in [0.1, 0.15) is 31.4 Å². The number of halogens is 3. The summed E-state index contributed by atoms with van der Waals surface area (Å²) in [6.07, 6.45) is 0.790. The Morgan fingerprint density at radius 1 is 0.878 bits per heavy atom. The Bertz CT molecular complexity index is 1900. The summed E-state index contributed by atoms with van der Waals surface area (Å²) in [5.41, 5.74) is 1.40. The van der Waals surface area contributed by atoms with Crippen LogP contribution in [0.25, 0.3) is 0 Å². The zero-order valence-corrected chi connectivity index (χ0v) is 29.3. The summed E-state index contributed by atoms with van der Waals surface area (Å²) in [5, 5.41) is 3.55. The highest BCUT2D eigenvalue weighted by molar-refractivity contribution is 7.92. The first-order chi connectivity index (χ1) is 23.5. The molecule has 0 saturated heterocycles. The third-order valence-corrected chi connectivity index (χ3v) is 10.6. The molecule has 4 aromatic rings. The van der Waals surface area contributed by atoms with Crippen molar-refractivity contribution in [3.63, 3.8) is 0 Å². The van der Waals surface area contributed by atoms with E-state index in [4.69, 9.17) is 32.7 Å². The summed E-state index contributed by atoms with van der Waals surface area (Å²) in [5.74, 6) is -1.05. The molecule has 0 fully saturated rings. The number of nitrogens with zero attached hydrogens (tertiary/aromatic N) is 2. The predicted molar refractivity (Wildman–Crippen MR) is 187 cm³/mol. The summed E-state index contributed by atoms with van der Waals surface area (Å²) in [6.45, 7) is 3.53. The number of fused-ring (bicyclic) bond motifs is 1. The monoisotopic (exact) mass is 727 g/mol. The molecule has 0 saturated carbocycles. The van der Waals surface area contributed by atoms with Gasteiger partial charge in [0.1, 0.15) is 31.6 Å². The zero-order chi connectivity index (χ0) is 35.1. The fraction of sp³-hybridized carbons (Fsp3) is 0.278. The molecule has 0 aromatic heterocycles. The first-order valence-electron chi connectivity index (χ1n) is 15.7. The van der Waals surface area contributed by atoms with Gasteiger partial charge in [0.25, 0.3) is 10.0 Å². The number of anilines is 1. The van der Waals surface area contributed by atoms with Gasteiger partial charge in [-0.15, -0.1) is 0 Å². The van der Waals surface area contributed by atoms with Crippen LogP contribution in [0.15, 0.2) is 95.9 Å². The minimum Gasteiger partial charge on any atom is -0.486 e. The molecule has 0 aliphatic carbocycles. The van der Waals surface area contributed by atoms with E-state index in [1.54, 1.807) is 18.2 Å². The number of carbonyl (C=O) groups is 2. The molecule has 258 valence electrons. The van der Waals surface area contributed by atoms with Crippen molar-refractivity contribution in [3.8, 4) is 11.5 Å². The number of sulfonamides is 1. The smallest absolute Gasteiger partial charge is 0.264 e. The highest BCUT2D eigenvalue weighted by Crippen LogP contribution is 2.34. The molecule has 1 aliphatic rings. The van der Waals surface area contributed by atoms with E-state index in [-0.39, 0.29) is 47.0 Å². The van der Waals surface area contributed by atoms with Gasteiger partial charge in [0, 0.05) is 25.1 Å². The van der Waals surface area contributed by atoms with Crippen LogP contribution in [0.3, 0.4) is 0 Å². The summed E-state index contributed by atoms with van der Waals surface area (Å²) in [6, 6.07) is 21.8. The Hall–Kier alpha value is -4.32. The van der Waals surface area contributed by atoms with E-state index in [1.165, 1.54) is 35.2 Å². The Kier molecular flexibility index (Phi) is 11.7. The van der Waals surface area contributed by atoms with Gasteiger partial charge in [0.15, 0.2) is 11.5 Å². The molecule has 0 bridgehead atoms. The largest absolute Gasteiger partial charge is 0.486 e. The number of amides is 2. The van der Waals surface area contributed by atoms with Crippen molar-refractivity contribution in [1.82, 2.24) is 10.2 Å². The predicted octanol–water partition coefficient (Wildman–Crippen LogP) is 6.65. The molecule has 1 aliphatic heterocycles. The van der Waals surface area contributed by atoms with Gasteiger partial charge in [-0.05, 0) is 73.0 Å². The first kappa shape index (κ1) is 36.0. The minimum absolute atomic E-state index is 0.0443. The lowest BCUT2D eigenvalue weighted by Gasteiger charge is -2.34. The lowest BCUT2D eigenvalue weighted by Crippen LogP contribution is -2.54. The van der Waals surface area contributed by atoms with Crippen molar-refractivity contribution in [2.24, 2.45) is 0 Å². The average molecular weight is 729 g/mol. The van der Waals surface area contributed by atoms with Gasteiger partial charge in [0.05, 0.1) is 20.6 Å². The second kappa shape index (κ2) is 15.9. The second-order valence-corrected chi connectivity index (χ2v) is 14.3. The number of benzene rings is 4. The molecule has 9 nitrogen and oxygen atoms in total. The molecule has 13 heteroatoms. The van der Waals surface area contributed by atoms with Crippen LogP contribution in [0.2, 0.25) is 10.0 Å². The molecule has 0 radical (unpaired) electrons. The van der Waals surface area contributed by atoms with Crippen molar-refractivity contribution < 1.29 is 31.9 Å². The van der Waals surface area contributed by atoms with Crippen molar-refractivity contribution in [3.05, 3.63) is 118 Å². The third-order valence-electron chi connectivity index (χ3n) is 8.10. The fourth-order valence-corrected chi connectivity index (χ4v) is 7.03. The maximum atomic E-state index is 14.6. The maximum absolute atomic E-state index is 14.6. The van der Waals surface area contributed by atoms with Crippen LogP contribution in [-0.2, 0) is 32.6 Å². The van der Waals surface area contributed by atoms with E-state index >= 15 is 0 Å². The van der Waals surface area contributed by atoms with E-state index in [9.17, 15) is 22.4 Å². The van der Waals surface area contributed by atoms with Gasteiger partial charge >= 0.3 is 0 Å². The van der Waals surface area contributed by atoms with E-state index in [0.717, 1.165) is 22.0 Å². The lowest BCUT2D eigenvalue weighted by atomic mass is 10.0. The van der Waals surface area contributed by atoms with Gasteiger partial charge in [-0.25, -0.2) is 12.8 Å². The van der Waals surface area contributed by atoms with Crippen LogP contribution in [-0.4, -0.2) is 57.0 Å². The normalized spacial score (nSPS) is 13.7. The number of hydrogen-bond donors (Lipinski definition) is 1. The number of ether oxygens (including phenoxy) is 2. The van der Waals surface area contributed by atoms with E-state index in [2.05, 4.69) is 5.32 Å². The van der Waals surface area contributed by atoms with Crippen LogP contribution in [0.4, 0.5) is 10.1 Å². The average Bonchev–Trinajstić information content (AvgIpc) is 3.10. The fourth-order valence-electron chi connectivity index (χ4n) is 5.28. The maximum Gasteiger partial charge on any atom is 0.264 e. The number of carbonyl (C=O) groups excluding carboxylic acids is 2. The molecule has 5 rings (SSSR count). The quantitative estimate of drug-likeness (QED) is 0.165. The molecule has 1 heterocycles. The molecular weight excluding hydrogens is 692 g/mol. The molecule has 2 amide bonds. The van der Waals surface area contributed by atoms with E-state index in [1.807, 2.05) is 44.2 Å². The van der Waals surface area contributed by atoms with E-state index < -0.39 is 40.2 Å². The molecule has 2 unspecified atom stereocenters. The molecule has 0 spiro atoms. The van der Waals surface area contributed by atoms with Gasteiger partial charge in [-0.1, -0.05) is 66.5 Å². The Morgan fingerprint density at radius 2 is 1.57 bits per heavy atom. The summed E-state index contributed by atoms with van der Waals surface area (Å²) >= 11 is 12.5. The van der Waals surface area contributed by atoms with Gasteiger partial charge in [0.2, 0.25) is 11.8 Å². The third kappa shape index (κ3) is 8.83. The van der Waals surface area contributed by atoms with Gasteiger partial charge < -0.3 is 19.7 Å². The van der Waals surface area contributed by atoms with Crippen LogP contribution in [0, 0.1) is 5.82 Å². The van der Waals surface area contributed by atoms with Crippen molar-refractivity contribution in [1.29, 1.82) is 0 Å². The molecule has 1 N–H and O–H groups in total. The Labute approximate surface area is 295 Å². The number of rotatable bonds is 13. The zero-order valence-electron chi connectivity index (χ0n) is 26.9. The van der Waals surface area contributed by atoms with Gasteiger partial charge in [-0.3, -0.25) is 13.9 Å². The minimum atomic E-state index is -4.45. The van der Waals surface area contributed by atoms with Crippen molar-refractivity contribution in [2.45, 2.75) is 50.2 Å². The van der Waals surface area contributed by atoms with Gasteiger partial charge in [-0.2, -0.15) is 0 Å². The lowest BCUT2D eigenvalue weighted by molar-refractivity contribution is -0.140. The highest BCUT2D eigenvalue weighted by Gasteiger charge is 2.35. The van der Waals surface area contributed by atoms with E-state index in [0.29, 0.717) is 29.4 Å². The van der Waals surface area contributed by atoms with Crippen molar-refractivity contribution >= 4 is 50.7 Å². The SMILES string of the molecule is CCC(C)NC(=O)C(Cc1ccccc1)N(Cc1ccc(Cl)c(Cl)c1)C(=O)CN(c1ccc(F)cc1)S(=O)(=O)c1ccc2c(c1)OCCO2. The van der Waals surface area contributed by atoms with Crippen LogP contribution in [0.5, 0.6) is 11.5 Å². The molecular formula is C36H36Cl2FN3O6S. The molecule has 2 atom stereocenters. The second-order valence-electron chi connectivity index (χ2n) is 11.6. The Balaban J connectivity index is 1.59. The summed E-state index contributed by atoms with van der Waals surface area (Å²) in [4.78, 5) is 29.8. The highest BCUT2D eigenvalue weighted by atomic mass is 35.5. The summed E-state index contributed by atoms with van der Waals surface area (Å²) in [7, 11) is -4.45. The molecule has 49 heavy (non-hydrogen) atoms. The van der Waals surface area contributed by atoms with Crippen LogP contribution < -0.4 is 19.1 Å². The standard InChI is InChI=1S/C36H36Cl2FN3O6S/c1-3-24(2)40-36(44)32(20-25-7-5-4-6-8-25)41(22-26-9-15-30(37)31(38)19-26)35(43)23-42(28-12-10-27(39)11-13-28)49(45,46)29-14-16-33-34(21-29)48-18-17-47-33/h4-16,19,21,24,32H,3,17-18,20,22-23H2,1-2H3,(H,40,44). The Morgan fingerprint density at radius 3 is 2.24 bits per heavy atom. The first-order valence-corrected chi connectivity index (χ1v) is 17.9. The summed E-state index contributed by atoms with van der Waals surface area (Å²) < 4.78 is 54.8.